The van der Waals surface area contributed by atoms with E-state index in [2.05, 4.69) is 15.6 Å². The van der Waals surface area contributed by atoms with Crippen LogP contribution in [0.5, 0.6) is 5.75 Å². The van der Waals surface area contributed by atoms with Crippen LogP contribution >= 0.6 is 11.6 Å². The lowest BCUT2D eigenvalue weighted by Crippen LogP contribution is -2.23. The lowest BCUT2D eigenvalue weighted by atomic mass is 10.2. The van der Waals surface area contributed by atoms with Crippen molar-refractivity contribution in [3.05, 3.63) is 83.1 Å². The first kappa shape index (κ1) is 18.7. The summed E-state index contributed by atoms with van der Waals surface area (Å²) >= 11 is 5.87. The second kappa shape index (κ2) is 9.05. The van der Waals surface area contributed by atoms with Crippen molar-refractivity contribution in [1.29, 1.82) is 0 Å². The molecule has 0 aliphatic rings. The highest BCUT2D eigenvalue weighted by molar-refractivity contribution is 6.30. The number of hydrogen-bond acceptors (Lipinski definition) is 4. The van der Waals surface area contributed by atoms with E-state index in [9.17, 15) is 4.79 Å². The van der Waals surface area contributed by atoms with Gasteiger partial charge in [-0.3, -0.25) is 9.78 Å². The van der Waals surface area contributed by atoms with Gasteiger partial charge in [0.05, 0.1) is 24.1 Å². The molecule has 1 heterocycles. The normalized spacial score (nSPS) is 10.3. The SMILES string of the molecule is CCOc1ccc(Nc2cncc(C(=O)NCc3ccc(Cl)cc3)c2)cc1. The Morgan fingerprint density at radius 2 is 1.78 bits per heavy atom. The van der Waals surface area contributed by atoms with Gasteiger partial charge in [0.1, 0.15) is 5.75 Å². The number of nitrogens with zero attached hydrogens (tertiary/aromatic N) is 1. The zero-order valence-electron chi connectivity index (χ0n) is 14.9. The maximum Gasteiger partial charge on any atom is 0.253 e. The number of rotatable bonds is 7. The van der Waals surface area contributed by atoms with Gasteiger partial charge in [0, 0.05) is 23.5 Å². The lowest BCUT2D eigenvalue weighted by molar-refractivity contribution is 0.0950. The van der Waals surface area contributed by atoms with Crippen LogP contribution in [0.3, 0.4) is 0 Å². The number of amides is 1. The van der Waals surface area contributed by atoms with Crippen molar-refractivity contribution in [2.45, 2.75) is 13.5 Å². The number of ether oxygens (including phenoxy) is 1. The minimum Gasteiger partial charge on any atom is -0.494 e. The molecule has 0 aliphatic carbocycles. The Morgan fingerprint density at radius 3 is 2.48 bits per heavy atom. The Bertz CT molecular complexity index is 896. The summed E-state index contributed by atoms with van der Waals surface area (Å²) in [5, 5.41) is 6.79. The first-order valence-electron chi connectivity index (χ1n) is 8.61. The third-order valence-corrected chi connectivity index (χ3v) is 4.07. The second-order valence-corrected chi connectivity index (χ2v) is 6.29. The van der Waals surface area contributed by atoms with Crippen LogP contribution in [0.15, 0.2) is 67.0 Å². The third-order valence-electron chi connectivity index (χ3n) is 3.82. The average molecular weight is 382 g/mol. The molecule has 3 rings (SSSR count). The molecule has 0 radical (unpaired) electrons. The van der Waals surface area contributed by atoms with Crippen molar-refractivity contribution >= 4 is 28.9 Å². The molecule has 5 nitrogen and oxygen atoms in total. The first-order chi connectivity index (χ1) is 13.1. The number of anilines is 2. The van der Waals surface area contributed by atoms with Crippen molar-refractivity contribution in [3.63, 3.8) is 0 Å². The molecule has 1 amide bonds. The summed E-state index contributed by atoms with van der Waals surface area (Å²) in [6.07, 6.45) is 3.22. The Balaban J connectivity index is 1.62. The molecule has 3 aromatic rings. The van der Waals surface area contributed by atoms with Gasteiger partial charge in [0.25, 0.3) is 5.91 Å². The molecule has 2 N–H and O–H groups in total. The fraction of sp³-hybridized carbons (Fsp3) is 0.143. The van der Waals surface area contributed by atoms with E-state index in [0.29, 0.717) is 23.7 Å². The van der Waals surface area contributed by atoms with Crippen molar-refractivity contribution in [2.75, 3.05) is 11.9 Å². The van der Waals surface area contributed by atoms with E-state index < -0.39 is 0 Å². The molecule has 0 saturated heterocycles. The monoisotopic (exact) mass is 381 g/mol. The number of halogens is 1. The predicted molar refractivity (Wildman–Crippen MR) is 108 cm³/mol. The molecule has 0 unspecified atom stereocenters. The number of pyridine rings is 1. The van der Waals surface area contributed by atoms with Crippen LogP contribution < -0.4 is 15.4 Å². The molecule has 0 spiro atoms. The van der Waals surface area contributed by atoms with Crippen LogP contribution in [-0.2, 0) is 6.54 Å². The summed E-state index contributed by atoms with van der Waals surface area (Å²) in [5.41, 5.74) is 3.08. The van der Waals surface area contributed by atoms with E-state index in [0.717, 1.165) is 22.7 Å². The van der Waals surface area contributed by atoms with Crippen LogP contribution in [0.2, 0.25) is 5.02 Å². The van der Waals surface area contributed by atoms with E-state index >= 15 is 0 Å². The molecular formula is C21H20ClN3O2. The fourth-order valence-corrected chi connectivity index (χ4v) is 2.61. The van der Waals surface area contributed by atoms with Crippen LogP contribution in [0.1, 0.15) is 22.8 Å². The molecule has 0 fully saturated rings. The van der Waals surface area contributed by atoms with Gasteiger partial charge in [0.2, 0.25) is 0 Å². The average Bonchev–Trinajstić information content (AvgIpc) is 2.69. The van der Waals surface area contributed by atoms with Gasteiger partial charge in [-0.15, -0.1) is 0 Å². The van der Waals surface area contributed by atoms with Gasteiger partial charge in [-0.05, 0) is 55.0 Å². The van der Waals surface area contributed by atoms with Crippen molar-refractivity contribution < 1.29 is 9.53 Å². The standard InChI is InChI=1S/C21H20ClN3O2/c1-2-27-20-9-7-18(8-10-20)25-19-11-16(13-23-14-19)21(26)24-12-15-3-5-17(22)6-4-15/h3-11,13-14,25H,2,12H2,1H3,(H,24,26). The van der Waals surface area contributed by atoms with Gasteiger partial charge in [0.15, 0.2) is 0 Å². The fourth-order valence-electron chi connectivity index (χ4n) is 2.49. The lowest BCUT2D eigenvalue weighted by Gasteiger charge is -2.10. The summed E-state index contributed by atoms with van der Waals surface area (Å²) in [7, 11) is 0. The predicted octanol–water partition coefficient (Wildman–Crippen LogP) is 4.81. The molecule has 0 aliphatic heterocycles. The van der Waals surface area contributed by atoms with E-state index in [1.807, 2.05) is 43.3 Å². The maximum absolute atomic E-state index is 12.4. The van der Waals surface area contributed by atoms with Crippen molar-refractivity contribution in [1.82, 2.24) is 10.3 Å². The highest BCUT2D eigenvalue weighted by Gasteiger charge is 2.07. The number of hydrogen-bond donors (Lipinski definition) is 2. The van der Waals surface area contributed by atoms with Crippen LogP contribution in [0, 0.1) is 0 Å². The zero-order valence-corrected chi connectivity index (χ0v) is 15.7. The summed E-state index contributed by atoms with van der Waals surface area (Å²) in [6, 6.07) is 16.7. The topological polar surface area (TPSA) is 63.2 Å². The Morgan fingerprint density at radius 1 is 1.04 bits per heavy atom. The maximum atomic E-state index is 12.4. The number of carbonyl (C=O) groups is 1. The minimum absolute atomic E-state index is 0.187. The molecule has 0 bridgehead atoms. The first-order valence-corrected chi connectivity index (χ1v) is 8.99. The smallest absolute Gasteiger partial charge is 0.253 e. The van der Waals surface area contributed by atoms with Gasteiger partial charge in [-0.1, -0.05) is 23.7 Å². The van der Waals surface area contributed by atoms with Gasteiger partial charge in [-0.2, -0.15) is 0 Å². The van der Waals surface area contributed by atoms with Crippen LogP contribution in [0.25, 0.3) is 0 Å². The minimum atomic E-state index is -0.187. The Labute approximate surface area is 163 Å². The van der Waals surface area contributed by atoms with E-state index in [1.54, 1.807) is 30.6 Å². The summed E-state index contributed by atoms with van der Waals surface area (Å²) in [5.74, 6) is 0.629. The zero-order chi connectivity index (χ0) is 19.1. The van der Waals surface area contributed by atoms with Crippen molar-refractivity contribution in [3.8, 4) is 5.75 Å². The number of benzene rings is 2. The summed E-state index contributed by atoms with van der Waals surface area (Å²) in [4.78, 5) is 16.5. The molecule has 27 heavy (non-hydrogen) atoms. The highest BCUT2D eigenvalue weighted by Crippen LogP contribution is 2.20. The second-order valence-electron chi connectivity index (χ2n) is 5.85. The summed E-state index contributed by atoms with van der Waals surface area (Å²) in [6.45, 7) is 3.00. The van der Waals surface area contributed by atoms with Crippen LogP contribution in [0.4, 0.5) is 11.4 Å². The number of aromatic nitrogens is 1. The van der Waals surface area contributed by atoms with Gasteiger partial charge >= 0.3 is 0 Å². The van der Waals surface area contributed by atoms with E-state index in [-0.39, 0.29) is 5.91 Å². The quantitative estimate of drug-likeness (QED) is 0.616. The number of nitrogens with one attached hydrogen (secondary N) is 2. The van der Waals surface area contributed by atoms with Crippen molar-refractivity contribution in [2.24, 2.45) is 0 Å². The number of carbonyl (C=O) groups excluding carboxylic acids is 1. The van der Waals surface area contributed by atoms with Crippen LogP contribution in [-0.4, -0.2) is 17.5 Å². The van der Waals surface area contributed by atoms with Gasteiger partial charge < -0.3 is 15.4 Å². The Hall–Kier alpha value is -3.05. The largest absolute Gasteiger partial charge is 0.494 e. The van der Waals surface area contributed by atoms with E-state index in [1.165, 1.54) is 0 Å². The Kier molecular flexibility index (Phi) is 6.28. The van der Waals surface area contributed by atoms with E-state index in [4.69, 9.17) is 16.3 Å². The third kappa shape index (κ3) is 5.46. The van der Waals surface area contributed by atoms with Gasteiger partial charge in [-0.25, -0.2) is 0 Å². The molecule has 6 heteroatoms. The molecule has 138 valence electrons. The molecule has 0 saturated carbocycles. The summed E-state index contributed by atoms with van der Waals surface area (Å²) < 4.78 is 5.43. The molecule has 1 aromatic heterocycles. The highest BCUT2D eigenvalue weighted by atomic mass is 35.5. The molecule has 0 atom stereocenters. The molecular weight excluding hydrogens is 362 g/mol. The molecule has 2 aromatic carbocycles.